The number of fused-ring (bicyclic) bond motifs is 4. The highest BCUT2D eigenvalue weighted by atomic mass is 16.7. The molecule has 0 bridgehead atoms. The molecule has 7 heteroatoms. The van der Waals surface area contributed by atoms with Gasteiger partial charge >= 0.3 is 0 Å². The average Bonchev–Trinajstić information content (AvgIpc) is 3.24. The Bertz CT molecular complexity index is 1440. The highest BCUT2D eigenvalue weighted by Gasteiger charge is 2.31. The first-order chi connectivity index (χ1) is 16.2. The van der Waals surface area contributed by atoms with Crippen LogP contribution in [0.25, 0.3) is 28.2 Å². The molecule has 3 heterocycles. The summed E-state index contributed by atoms with van der Waals surface area (Å²) in [6.07, 6.45) is 7.57. The minimum Gasteiger partial charge on any atom is -0.507 e. The molecule has 7 nitrogen and oxygen atoms in total. The number of phenolic OH excluding ortho intramolecular Hbond substituents is 1. The molecule has 2 aliphatic rings. The summed E-state index contributed by atoms with van der Waals surface area (Å²) in [5.41, 5.74) is 2.32. The van der Waals surface area contributed by atoms with Crippen molar-refractivity contribution in [3.8, 4) is 39.9 Å². The number of phenols is 1. The molecule has 0 amide bonds. The molecule has 3 aromatic rings. The summed E-state index contributed by atoms with van der Waals surface area (Å²) < 4.78 is 28.6. The monoisotopic (exact) mass is 462 g/mol. The lowest BCUT2D eigenvalue weighted by Crippen LogP contribution is -2.28. The molecule has 0 fully saturated rings. The first-order valence-corrected chi connectivity index (χ1v) is 11.0. The third kappa shape index (κ3) is 3.48. The molecule has 0 aliphatic carbocycles. The third-order valence-corrected chi connectivity index (χ3v) is 6.00. The highest BCUT2D eigenvalue weighted by Crippen LogP contribution is 2.46. The van der Waals surface area contributed by atoms with Crippen LogP contribution in [0.4, 0.5) is 0 Å². The van der Waals surface area contributed by atoms with Crippen LogP contribution in [-0.4, -0.2) is 24.6 Å². The molecule has 0 radical (unpaired) electrons. The molecular formula is C27H26O7. The molecule has 5 rings (SSSR count). The SMILES string of the molecule is COc1cc2c(cc1-c1coc3c4c(c(CC=C(C)C)c(O)c3c1=O)OC(C)(C)C=C4)OCO2. The molecule has 0 spiro atoms. The van der Waals surface area contributed by atoms with Crippen molar-refractivity contribution >= 4 is 17.0 Å². The molecule has 176 valence electrons. The van der Waals surface area contributed by atoms with E-state index >= 15 is 0 Å². The molecule has 2 aliphatic heterocycles. The topological polar surface area (TPSA) is 87.4 Å². The fraction of sp³-hybridized carbons (Fsp3) is 0.296. The van der Waals surface area contributed by atoms with E-state index in [0.717, 1.165) is 5.57 Å². The highest BCUT2D eigenvalue weighted by molar-refractivity contribution is 5.97. The van der Waals surface area contributed by atoms with E-state index in [1.54, 1.807) is 12.1 Å². The van der Waals surface area contributed by atoms with E-state index in [1.165, 1.54) is 13.4 Å². The third-order valence-electron chi connectivity index (χ3n) is 6.00. The summed E-state index contributed by atoms with van der Waals surface area (Å²) in [5.74, 6) is 1.85. The summed E-state index contributed by atoms with van der Waals surface area (Å²) in [5, 5.41) is 11.5. The van der Waals surface area contributed by atoms with Gasteiger partial charge < -0.3 is 28.5 Å². The number of ether oxygens (including phenoxy) is 4. The van der Waals surface area contributed by atoms with Gasteiger partial charge in [0.15, 0.2) is 17.1 Å². The van der Waals surface area contributed by atoms with Crippen LogP contribution in [0, 0.1) is 0 Å². The summed E-state index contributed by atoms with van der Waals surface area (Å²) in [7, 11) is 1.51. The maximum atomic E-state index is 13.8. The first kappa shape index (κ1) is 21.9. The second-order valence-electron chi connectivity index (χ2n) is 9.18. The van der Waals surface area contributed by atoms with Crippen molar-refractivity contribution in [2.75, 3.05) is 13.9 Å². The van der Waals surface area contributed by atoms with Gasteiger partial charge in [0.05, 0.1) is 18.2 Å². The molecule has 0 saturated carbocycles. The molecule has 0 saturated heterocycles. The quantitative estimate of drug-likeness (QED) is 0.505. The van der Waals surface area contributed by atoms with Gasteiger partial charge in [0.2, 0.25) is 12.2 Å². The second-order valence-corrected chi connectivity index (χ2v) is 9.18. The maximum absolute atomic E-state index is 13.8. The lowest BCUT2D eigenvalue weighted by Gasteiger charge is -2.30. The fourth-order valence-electron chi connectivity index (χ4n) is 4.24. The zero-order chi connectivity index (χ0) is 24.2. The molecule has 34 heavy (non-hydrogen) atoms. The summed E-state index contributed by atoms with van der Waals surface area (Å²) in [6, 6.07) is 3.36. The van der Waals surface area contributed by atoms with Gasteiger partial charge in [-0.05, 0) is 52.3 Å². The van der Waals surface area contributed by atoms with E-state index in [9.17, 15) is 9.90 Å². The summed E-state index contributed by atoms with van der Waals surface area (Å²) in [6.45, 7) is 7.92. The van der Waals surface area contributed by atoms with Crippen LogP contribution < -0.4 is 24.4 Å². The minimum atomic E-state index is -0.563. The van der Waals surface area contributed by atoms with Crippen molar-refractivity contribution in [2.45, 2.75) is 39.7 Å². The summed E-state index contributed by atoms with van der Waals surface area (Å²) in [4.78, 5) is 13.8. The lowest BCUT2D eigenvalue weighted by molar-refractivity contribution is 0.157. The van der Waals surface area contributed by atoms with Crippen molar-refractivity contribution in [1.82, 2.24) is 0 Å². The number of allylic oxidation sites excluding steroid dienone is 2. The maximum Gasteiger partial charge on any atom is 0.231 e. The Kier molecular flexibility index (Phi) is 5.08. The van der Waals surface area contributed by atoms with Crippen LogP contribution in [-0.2, 0) is 6.42 Å². The van der Waals surface area contributed by atoms with Gasteiger partial charge in [0.1, 0.15) is 34.5 Å². The molecular weight excluding hydrogens is 436 g/mol. The Morgan fingerprint density at radius 2 is 1.91 bits per heavy atom. The van der Waals surface area contributed by atoms with Gasteiger partial charge in [-0.1, -0.05) is 11.6 Å². The summed E-state index contributed by atoms with van der Waals surface area (Å²) >= 11 is 0. The Morgan fingerprint density at radius 1 is 1.18 bits per heavy atom. The first-order valence-electron chi connectivity index (χ1n) is 11.0. The number of benzene rings is 2. The van der Waals surface area contributed by atoms with E-state index in [0.29, 0.717) is 46.1 Å². The van der Waals surface area contributed by atoms with Gasteiger partial charge in [-0.2, -0.15) is 0 Å². The van der Waals surface area contributed by atoms with Crippen LogP contribution in [0.5, 0.6) is 28.7 Å². The zero-order valence-corrected chi connectivity index (χ0v) is 19.8. The molecule has 1 N–H and O–H groups in total. The number of hydrogen-bond acceptors (Lipinski definition) is 7. The normalized spacial score (nSPS) is 15.1. The minimum absolute atomic E-state index is 0.0948. The van der Waals surface area contributed by atoms with E-state index in [-0.39, 0.29) is 34.5 Å². The Balaban J connectivity index is 1.81. The van der Waals surface area contributed by atoms with Crippen LogP contribution in [0.15, 0.2) is 45.3 Å². The number of rotatable bonds is 4. The molecule has 1 aromatic heterocycles. The van der Waals surface area contributed by atoms with Crippen molar-refractivity contribution in [3.05, 3.63) is 57.5 Å². The number of aromatic hydroxyl groups is 1. The average molecular weight is 462 g/mol. The van der Waals surface area contributed by atoms with Gasteiger partial charge in [-0.25, -0.2) is 0 Å². The van der Waals surface area contributed by atoms with Crippen molar-refractivity contribution in [3.63, 3.8) is 0 Å². The van der Waals surface area contributed by atoms with Crippen LogP contribution >= 0.6 is 0 Å². The van der Waals surface area contributed by atoms with Crippen molar-refractivity contribution in [1.29, 1.82) is 0 Å². The van der Waals surface area contributed by atoms with E-state index in [2.05, 4.69) is 0 Å². The van der Waals surface area contributed by atoms with Gasteiger partial charge in [0, 0.05) is 17.2 Å². The van der Waals surface area contributed by atoms with Crippen LogP contribution in [0.3, 0.4) is 0 Å². The van der Waals surface area contributed by atoms with E-state index in [1.807, 2.05) is 45.9 Å². The van der Waals surface area contributed by atoms with E-state index in [4.69, 9.17) is 23.4 Å². The lowest BCUT2D eigenvalue weighted by atomic mass is 9.93. The molecule has 0 unspecified atom stereocenters. The zero-order valence-electron chi connectivity index (χ0n) is 19.8. The largest absolute Gasteiger partial charge is 0.507 e. The predicted molar refractivity (Wildman–Crippen MR) is 129 cm³/mol. The Hall–Kier alpha value is -3.87. The molecule has 2 aromatic carbocycles. The van der Waals surface area contributed by atoms with Gasteiger partial charge in [0.25, 0.3) is 0 Å². The molecule has 0 atom stereocenters. The standard InChI is InChI=1S/C27H26O7/c1-14(2)6-7-15-23(28)22-24(29)18(17-10-20-21(33-13-32-20)11-19(17)30-5)12-31-26(22)16-8-9-27(3,4)34-25(15)16/h6,8-12,28H,7,13H2,1-5H3. The van der Waals surface area contributed by atoms with Crippen molar-refractivity contribution < 1.29 is 28.5 Å². The number of hydrogen-bond donors (Lipinski definition) is 1. The number of methoxy groups -OCH3 is 1. The predicted octanol–water partition coefficient (Wildman–Crippen LogP) is 5.60. The fourth-order valence-corrected chi connectivity index (χ4v) is 4.24. The second kappa shape index (κ2) is 7.87. The van der Waals surface area contributed by atoms with Gasteiger partial charge in [-0.15, -0.1) is 0 Å². The van der Waals surface area contributed by atoms with Crippen LogP contribution in [0.1, 0.15) is 38.8 Å². The Labute approximate surface area is 196 Å². The van der Waals surface area contributed by atoms with Crippen molar-refractivity contribution in [2.24, 2.45) is 0 Å². The van der Waals surface area contributed by atoms with Gasteiger partial charge in [-0.3, -0.25) is 4.79 Å². The smallest absolute Gasteiger partial charge is 0.231 e. The Morgan fingerprint density at radius 3 is 2.62 bits per heavy atom. The van der Waals surface area contributed by atoms with Crippen LogP contribution in [0.2, 0.25) is 0 Å². The van der Waals surface area contributed by atoms with E-state index < -0.39 is 5.60 Å².